The zero-order valence-electron chi connectivity index (χ0n) is 29.5. The van der Waals surface area contributed by atoms with Crippen molar-refractivity contribution in [3.8, 4) is 0 Å². The summed E-state index contributed by atoms with van der Waals surface area (Å²) in [5, 5.41) is 6.28. The van der Waals surface area contributed by atoms with Gasteiger partial charge in [-0.15, -0.1) is 0 Å². The fraction of sp³-hybridized carbons (Fsp3) is 0.944. The van der Waals surface area contributed by atoms with Gasteiger partial charge in [0.25, 0.3) is 11.8 Å². The van der Waals surface area contributed by atoms with E-state index in [0.29, 0.717) is 13.1 Å². The topological polar surface area (TPSA) is 58.2 Å². The summed E-state index contributed by atoms with van der Waals surface area (Å²) < 4.78 is 1.44. The third-order valence-electron chi connectivity index (χ3n) is 8.63. The van der Waals surface area contributed by atoms with Gasteiger partial charge in [0.15, 0.2) is 13.1 Å². The van der Waals surface area contributed by atoms with Crippen LogP contribution in [0.25, 0.3) is 0 Å². The number of hydrogen-bond donors (Lipinski definition) is 2. The van der Waals surface area contributed by atoms with Gasteiger partial charge in [-0.2, -0.15) is 0 Å². The van der Waals surface area contributed by atoms with E-state index in [1.165, 1.54) is 116 Å². The maximum Gasteiger partial charge on any atom is 0.275 e. The molecule has 0 aromatic carbocycles. The van der Waals surface area contributed by atoms with Gasteiger partial charge in [0.2, 0.25) is 0 Å². The molecule has 0 heterocycles. The summed E-state index contributed by atoms with van der Waals surface area (Å²) in [6.07, 6.45) is 28.5. The zero-order chi connectivity index (χ0) is 31.4. The van der Waals surface area contributed by atoms with Crippen LogP contribution in [0.5, 0.6) is 0 Å². The summed E-state index contributed by atoms with van der Waals surface area (Å²) >= 11 is 0. The smallest absolute Gasteiger partial charge is 0.275 e. The number of rotatable bonds is 31. The highest BCUT2D eigenvalue weighted by atomic mass is 16.2. The molecule has 0 aromatic rings. The first-order valence-corrected chi connectivity index (χ1v) is 18.3. The van der Waals surface area contributed by atoms with Crippen LogP contribution < -0.4 is 10.6 Å². The van der Waals surface area contributed by atoms with E-state index in [2.05, 4.69) is 52.7 Å². The van der Waals surface area contributed by atoms with E-state index in [0.717, 1.165) is 60.8 Å². The van der Waals surface area contributed by atoms with Crippen molar-refractivity contribution >= 4 is 11.8 Å². The van der Waals surface area contributed by atoms with Gasteiger partial charge in [0.1, 0.15) is 0 Å². The van der Waals surface area contributed by atoms with Gasteiger partial charge < -0.3 is 19.6 Å². The second-order valence-corrected chi connectivity index (χ2v) is 14.4. The van der Waals surface area contributed by atoms with Crippen molar-refractivity contribution in [2.24, 2.45) is 0 Å². The van der Waals surface area contributed by atoms with Gasteiger partial charge in [-0.3, -0.25) is 9.59 Å². The average molecular weight is 597 g/mol. The molecule has 250 valence electrons. The summed E-state index contributed by atoms with van der Waals surface area (Å²) in [7, 11) is 8.62. The first-order chi connectivity index (χ1) is 20.1. The van der Waals surface area contributed by atoms with Crippen molar-refractivity contribution in [1.29, 1.82) is 0 Å². The molecule has 0 aliphatic heterocycles. The number of unbranched alkanes of at least 4 members (excludes halogenated alkanes) is 19. The number of nitrogens with zero attached hydrogens (tertiary/aromatic N) is 2. The molecule has 0 atom stereocenters. The van der Waals surface area contributed by atoms with Gasteiger partial charge in [0, 0.05) is 25.9 Å². The van der Waals surface area contributed by atoms with E-state index >= 15 is 0 Å². The molecule has 6 heteroatoms. The molecule has 2 N–H and O–H groups in total. The molecule has 6 nitrogen and oxygen atoms in total. The van der Waals surface area contributed by atoms with Crippen LogP contribution >= 0.6 is 0 Å². The number of carbonyl (C=O) groups is 2. The van der Waals surface area contributed by atoms with Crippen molar-refractivity contribution in [1.82, 2.24) is 10.6 Å². The van der Waals surface area contributed by atoms with E-state index < -0.39 is 0 Å². The molecule has 0 unspecified atom stereocenters. The number of hydrogen-bond acceptors (Lipinski definition) is 2. The summed E-state index contributed by atoms with van der Waals surface area (Å²) in [6, 6.07) is 0. The van der Waals surface area contributed by atoms with Crippen molar-refractivity contribution in [3.05, 3.63) is 0 Å². The van der Waals surface area contributed by atoms with Gasteiger partial charge in [-0.25, -0.2) is 0 Å². The lowest BCUT2D eigenvalue weighted by molar-refractivity contribution is -0.889. The maximum atomic E-state index is 12.5. The SMILES string of the molecule is CCCCCCCCCCCCNC(=O)C[N+](C)(C)CCCC[N+](C)(C)CC(=O)NCCCCCCCCCCCC. The van der Waals surface area contributed by atoms with E-state index in [1.54, 1.807) is 0 Å². The summed E-state index contributed by atoms with van der Waals surface area (Å²) in [5.74, 6) is 0.345. The van der Waals surface area contributed by atoms with Crippen molar-refractivity contribution in [2.75, 3.05) is 67.5 Å². The minimum atomic E-state index is 0.172. The van der Waals surface area contributed by atoms with Crippen LogP contribution in [0.4, 0.5) is 0 Å². The lowest BCUT2D eigenvalue weighted by Crippen LogP contribution is -2.49. The standard InChI is InChI=1S/C36H74N4O2/c1-7-9-11-13-15-17-19-21-23-25-29-37-35(41)33-39(3,4)31-27-28-32-40(5,6)34-36(42)38-30-26-24-22-20-18-16-14-12-10-8-2/h7-34H2,1-6H3/p+2. The monoisotopic (exact) mass is 597 g/mol. The van der Waals surface area contributed by atoms with Crippen LogP contribution in [0, 0.1) is 0 Å². The Kier molecular flexibility index (Phi) is 26.7. The molecule has 0 rings (SSSR count). The normalized spacial score (nSPS) is 12.0. The molecule has 0 spiro atoms. The molecular weight excluding hydrogens is 520 g/mol. The summed E-state index contributed by atoms with van der Waals surface area (Å²) in [4.78, 5) is 25.0. The van der Waals surface area contributed by atoms with Crippen LogP contribution in [-0.2, 0) is 9.59 Å². The molecule has 0 aromatic heterocycles. The fourth-order valence-electron chi connectivity index (χ4n) is 5.81. The van der Waals surface area contributed by atoms with E-state index in [-0.39, 0.29) is 11.8 Å². The number of nitrogens with one attached hydrogen (secondary N) is 2. The van der Waals surface area contributed by atoms with E-state index in [1.807, 2.05) is 0 Å². The third kappa shape index (κ3) is 29.0. The maximum absolute atomic E-state index is 12.5. The largest absolute Gasteiger partial charge is 0.351 e. The second kappa shape index (κ2) is 27.4. The molecule has 0 saturated heterocycles. The quantitative estimate of drug-likeness (QED) is 0.0629. The average Bonchev–Trinajstić information content (AvgIpc) is 2.92. The van der Waals surface area contributed by atoms with Gasteiger partial charge in [-0.05, 0) is 12.8 Å². The van der Waals surface area contributed by atoms with E-state index in [9.17, 15) is 9.59 Å². The minimum absolute atomic E-state index is 0.172. The lowest BCUT2D eigenvalue weighted by Gasteiger charge is -2.31. The molecule has 0 fully saturated rings. The van der Waals surface area contributed by atoms with Crippen LogP contribution in [0.3, 0.4) is 0 Å². The summed E-state index contributed by atoms with van der Waals surface area (Å²) in [5.41, 5.74) is 0. The second-order valence-electron chi connectivity index (χ2n) is 14.4. The predicted octanol–water partition coefficient (Wildman–Crippen LogP) is 7.99. The van der Waals surface area contributed by atoms with Gasteiger partial charge >= 0.3 is 0 Å². The van der Waals surface area contributed by atoms with Crippen molar-refractivity contribution < 1.29 is 18.6 Å². The molecular formula is C36H76N4O2+2. The highest BCUT2D eigenvalue weighted by Crippen LogP contribution is 2.12. The van der Waals surface area contributed by atoms with Gasteiger partial charge in [0.05, 0.1) is 41.3 Å². The molecule has 2 amide bonds. The highest BCUT2D eigenvalue weighted by Gasteiger charge is 2.22. The molecule has 0 aliphatic rings. The lowest BCUT2D eigenvalue weighted by atomic mass is 10.1. The predicted molar refractivity (Wildman–Crippen MR) is 183 cm³/mol. The molecule has 42 heavy (non-hydrogen) atoms. The van der Waals surface area contributed by atoms with Crippen LogP contribution in [0.1, 0.15) is 155 Å². The number of quaternary nitrogens is 2. The first-order valence-electron chi connectivity index (χ1n) is 18.3. The van der Waals surface area contributed by atoms with Crippen molar-refractivity contribution in [3.63, 3.8) is 0 Å². The Morgan fingerprint density at radius 1 is 0.405 bits per heavy atom. The Labute approximate surface area is 263 Å². The molecule has 0 radical (unpaired) electrons. The Morgan fingerprint density at radius 2 is 0.667 bits per heavy atom. The number of carbonyl (C=O) groups excluding carboxylic acids is 2. The number of amides is 2. The Morgan fingerprint density at radius 3 is 0.952 bits per heavy atom. The fourth-order valence-corrected chi connectivity index (χ4v) is 5.81. The molecule has 0 saturated carbocycles. The Balaban J connectivity index is 3.78. The van der Waals surface area contributed by atoms with E-state index in [4.69, 9.17) is 0 Å². The first kappa shape index (κ1) is 40.9. The van der Waals surface area contributed by atoms with Crippen LogP contribution in [0.2, 0.25) is 0 Å². The summed E-state index contributed by atoms with van der Waals surface area (Å²) in [6.45, 7) is 9.20. The Bertz CT molecular complexity index is 582. The molecule has 0 bridgehead atoms. The Hall–Kier alpha value is -1.14. The zero-order valence-corrected chi connectivity index (χ0v) is 29.5. The minimum Gasteiger partial charge on any atom is -0.351 e. The van der Waals surface area contributed by atoms with Crippen LogP contribution in [-0.4, -0.2) is 88.2 Å². The van der Waals surface area contributed by atoms with Gasteiger partial charge in [-0.1, -0.05) is 129 Å². The third-order valence-corrected chi connectivity index (χ3v) is 8.63. The van der Waals surface area contributed by atoms with Crippen molar-refractivity contribution in [2.45, 2.75) is 155 Å². The van der Waals surface area contributed by atoms with Crippen LogP contribution in [0.15, 0.2) is 0 Å². The highest BCUT2D eigenvalue weighted by molar-refractivity contribution is 5.77. The number of likely N-dealkylation sites (N-methyl/N-ethyl adjacent to an activating group) is 2. The molecule has 0 aliphatic carbocycles.